The smallest absolute Gasteiger partial charge is 0.278 e. The normalized spacial score (nSPS) is 11.5. The van der Waals surface area contributed by atoms with Crippen LogP contribution in [0.4, 0.5) is 11.4 Å². The molecule has 0 spiro atoms. The van der Waals surface area contributed by atoms with E-state index in [1.54, 1.807) is 6.07 Å². The standard InChI is InChI=1S/C15H15BrN2O4S/c1-10(2)11-7-8-13(12(16)9-11)17-23(21,22)15-6-4-3-5-14(15)18(19)20/h3-10,17H,1-2H3. The maximum absolute atomic E-state index is 12.5. The maximum Gasteiger partial charge on any atom is 0.289 e. The van der Waals surface area contributed by atoms with Crippen LogP contribution in [0.2, 0.25) is 0 Å². The van der Waals surface area contributed by atoms with Gasteiger partial charge in [0, 0.05) is 10.5 Å². The molecule has 8 heteroatoms. The van der Waals surface area contributed by atoms with Crippen molar-refractivity contribution < 1.29 is 13.3 Å². The summed E-state index contributed by atoms with van der Waals surface area (Å²) in [6.45, 7) is 4.05. The predicted octanol–water partition coefficient (Wildman–Crippen LogP) is 4.28. The first kappa shape index (κ1) is 17.4. The third kappa shape index (κ3) is 3.89. The molecule has 0 fully saturated rings. The van der Waals surface area contributed by atoms with Gasteiger partial charge >= 0.3 is 0 Å². The Morgan fingerprint density at radius 1 is 1.17 bits per heavy atom. The molecule has 0 unspecified atom stereocenters. The van der Waals surface area contributed by atoms with E-state index < -0.39 is 20.6 Å². The van der Waals surface area contributed by atoms with Crippen LogP contribution in [-0.2, 0) is 10.0 Å². The van der Waals surface area contributed by atoms with Crippen LogP contribution >= 0.6 is 15.9 Å². The van der Waals surface area contributed by atoms with Crippen LogP contribution < -0.4 is 4.72 Å². The Morgan fingerprint density at radius 3 is 2.39 bits per heavy atom. The first-order valence-corrected chi connectivity index (χ1v) is 9.05. The fraction of sp³-hybridized carbons (Fsp3) is 0.200. The summed E-state index contributed by atoms with van der Waals surface area (Å²) in [5, 5.41) is 11.0. The molecule has 2 aromatic rings. The number of nitrogens with zero attached hydrogens (tertiary/aromatic N) is 1. The number of hydrogen-bond acceptors (Lipinski definition) is 4. The van der Waals surface area contributed by atoms with E-state index in [0.717, 1.165) is 11.6 Å². The summed E-state index contributed by atoms with van der Waals surface area (Å²) < 4.78 is 27.9. The maximum atomic E-state index is 12.5. The molecule has 2 aromatic carbocycles. The Bertz CT molecular complexity index is 850. The van der Waals surface area contributed by atoms with E-state index in [2.05, 4.69) is 20.7 Å². The lowest BCUT2D eigenvalue weighted by Gasteiger charge is -2.12. The van der Waals surface area contributed by atoms with Gasteiger partial charge in [-0.05, 0) is 45.6 Å². The lowest BCUT2D eigenvalue weighted by molar-refractivity contribution is -0.387. The van der Waals surface area contributed by atoms with Gasteiger partial charge < -0.3 is 0 Å². The molecule has 122 valence electrons. The molecule has 0 heterocycles. The minimum absolute atomic E-state index is 0.298. The topological polar surface area (TPSA) is 89.3 Å². The molecule has 2 rings (SSSR count). The van der Waals surface area contributed by atoms with Crippen LogP contribution in [0.15, 0.2) is 51.8 Å². The first-order chi connectivity index (χ1) is 10.7. The molecule has 0 bridgehead atoms. The second-order valence-corrected chi connectivity index (χ2v) is 7.73. The Morgan fingerprint density at radius 2 is 1.83 bits per heavy atom. The molecule has 0 amide bonds. The van der Waals surface area contributed by atoms with E-state index in [0.29, 0.717) is 16.1 Å². The monoisotopic (exact) mass is 398 g/mol. The number of para-hydroxylation sites is 1. The summed E-state index contributed by atoms with van der Waals surface area (Å²) in [5.41, 5.74) is 0.910. The molecule has 0 aliphatic rings. The lowest BCUT2D eigenvalue weighted by Crippen LogP contribution is -2.15. The van der Waals surface area contributed by atoms with Crippen LogP contribution in [-0.4, -0.2) is 13.3 Å². The molecule has 0 aliphatic carbocycles. The van der Waals surface area contributed by atoms with Gasteiger partial charge in [-0.25, -0.2) is 8.42 Å². The summed E-state index contributed by atoms with van der Waals surface area (Å²) in [6.07, 6.45) is 0. The molecule has 6 nitrogen and oxygen atoms in total. The van der Waals surface area contributed by atoms with Gasteiger partial charge in [0.25, 0.3) is 15.7 Å². The number of benzene rings is 2. The molecule has 0 aromatic heterocycles. The van der Waals surface area contributed by atoms with Crippen molar-refractivity contribution in [1.82, 2.24) is 0 Å². The minimum atomic E-state index is -4.07. The average molecular weight is 399 g/mol. The minimum Gasteiger partial charge on any atom is -0.278 e. The molecular formula is C15H15BrN2O4S. The zero-order chi connectivity index (χ0) is 17.2. The third-order valence-electron chi connectivity index (χ3n) is 3.26. The van der Waals surface area contributed by atoms with Crippen molar-refractivity contribution in [2.45, 2.75) is 24.7 Å². The molecule has 0 aliphatic heterocycles. The van der Waals surface area contributed by atoms with Gasteiger partial charge in [0.2, 0.25) is 0 Å². The van der Waals surface area contributed by atoms with Crippen molar-refractivity contribution in [3.05, 3.63) is 62.6 Å². The van der Waals surface area contributed by atoms with Crippen LogP contribution in [0.5, 0.6) is 0 Å². The Hall–Kier alpha value is -1.93. The van der Waals surface area contributed by atoms with Crippen LogP contribution in [0.25, 0.3) is 0 Å². The quantitative estimate of drug-likeness (QED) is 0.600. The van der Waals surface area contributed by atoms with Gasteiger partial charge in [0.1, 0.15) is 0 Å². The molecule has 0 radical (unpaired) electrons. The van der Waals surface area contributed by atoms with Crippen molar-refractivity contribution in [2.75, 3.05) is 4.72 Å². The summed E-state index contributed by atoms with van der Waals surface area (Å²) in [5.74, 6) is 0.298. The van der Waals surface area contributed by atoms with E-state index in [9.17, 15) is 18.5 Å². The summed E-state index contributed by atoms with van der Waals surface area (Å²) in [4.78, 5) is 9.92. The number of nitro groups is 1. The number of sulfonamides is 1. The molecule has 23 heavy (non-hydrogen) atoms. The third-order valence-corrected chi connectivity index (χ3v) is 5.32. The second kappa shape index (κ2) is 6.67. The fourth-order valence-electron chi connectivity index (χ4n) is 2.01. The van der Waals surface area contributed by atoms with E-state index >= 15 is 0 Å². The highest BCUT2D eigenvalue weighted by atomic mass is 79.9. The van der Waals surface area contributed by atoms with Crippen molar-refractivity contribution in [3.8, 4) is 0 Å². The Kier molecular flexibility index (Phi) is 5.06. The zero-order valence-corrected chi connectivity index (χ0v) is 14.9. The van der Waals surface area contributed by atoms with Crippen LogP contribution in [0.1, 0.15) is 25.3 Å². The summed E-state index contributed by atoms with van der Waals surface area (Å²) >= 11 is 3.33. The zero-order valence-electron chi connectivity index (χ0n) is 12.5. The van der Waals surface area contributed by atoms with Gasteiger partial charge in [-0.3, -0.25) is 14.8 Å². The van der Waals surface area contributed by atoms with Gasteiger partial charge in [-0.1, -0.05) is 32.0 Å². The van der Waals surface area contributed by atoms with Crippen molar-refractivity contribution in [3.63, 3.8) is 0 Å². The predicted molar refractivity (Wildman–Crippen MR) is 92.1 cm³/mol. The van der Waals surface area contributed by atoms with Crippen molar-refractivity contribution in [1.29, 1.82) is 0 Å². The highest BCUT2D eigenvalue weighted by molar-refractivity contribution is 9.10. The van der Waals surface area contributed by atoms with Gasteiger partial charge in [0.15, 0.2) is 4.90 Å². The van der Waals surface area contributed by atoms with Gasteiger partial charge in [-0.15, -0.1) is 0 Å². The molecule has 0 saturated carbocycles. The first-order valence-electron chi connectivity index (χ1n) is 6.78. The highest BCUT2D eigenvalue weighted by Gasteiger charge is 2.25. The SMILES string of the molecule is CC(C)c1ccc(NS(=O)(=O)c2ccccc2[N+](=O)[O-])c(Br)c1. The number of halogens is 1. The largest absolute Gasteiger partial charge is 0.289 e. The van der Waals surface area contributed by atoms with Gasteiger partial charge in [-0.2, -0.15) is 0 Å². The van der Waals surface area contributed by atoms with E-state index in [-0.39, 0.29) is 4.90 Å². The number of anilines is 1. The van der Waals surface area contributed by atoms with Crippen LogP contribution in [0.3, 0.4) is 0 Å². The Balaban J connectivity index is 2.42. The fourth-order valence-corrected chi connectivity index (χ4v) is 3.89. The van der Waals surface area contributed by atoms with E-state index in [4.69, 9.17) is 0 Å². The molecular weight excluding hydrogens is 384 g/mol. The summed E-state index contributed by atoms with van der Waals surface area (Å²) in [6, 6.07) is 10.5. The number of nitrogens with one attached hydrogen (secondary N) is 1. The number of rotatable bonds is 5. The van der Waals surface area contributed by atoms with E-state index in [1.165, 1.54) is 18.2 Å². The lowest BCUT2D eigenvalue weighted by atomic mass is 10.0. The number of nitro benzene ring substituents is 1. The van der Waals surface area contributed by atoms with E-state index in [1.807, 2.05) is 26.0 Å². The highest BCUT2D eigenvalue weighted by Crippen LogP contribution is 2.30. The molecule has 0 atom stereocenters. The van der Waals surface area contributed by atoms with Crippen LogP contribution in [0, 0.1) is 10.1 Å². The molecule has 1 N–H and O–H groups in total. The second-order valence-electron chi connectivity index (χ2n) is 5.22. The van der Waals surface area contributed by atoms with Crippen molar-refractivity contribution >= 4 is 37.3 Å². The Labute approximate surface area is 142 Å². The molecule has 0 saturated heterocycles. The average Bonchev–Trinajstić information content (AvgIpc) is 2.49. The summed E-state index contributed by atoms with van der Waals surface area (Å²) in [7, 11) is -4.07. The van der Waals surface area contributed by atoms with Gasteiger partial charge in [0.05, 0.1) is 10.6 Å². The van der Waals surface area contributed by atoms with Crippen molar-refractivity contribution in [2.24, 2.45) is 0 Å². The number of hydrogen-bond donors (Lipinski definition) is 1.